The molecule has 2 atom stereocenters. The first-order chi connectivity index (χ1) is 18.6. The maximum atomic E-state index is 12.7. The summed E-state index contributed by atoms with van der Waals surface area (Å²) in [4.78, 5) is 25.8. The fourth-order valence-corrected chi connectivity index (χ4v) is 4.99. The monoisotopic (exact) mass is 538 g/mol. The summed E-state index contributed by atoms with van der Waals surface area (Å²) in [5.74, 6) is -0.480. The van der Waals surface area contributed by atoms with Crippen LogP contribution in [0.15, 0.2) is 42.5 Å². The van der Waals surface area contributed by atoms with Gasteiger partial charge in [0.25, 0.3) is 0 Å². The Labute approximate surface area is 228 Å². The van der Waals surface area contributed by atoms with Crippen molar-refractivity contribution >= 4 is 23.0 Å². The predicted molar refractivity (Wildman–Crippen MR) is 148 cm³/mol. The summed E-state index contributed by atoms with van der Waals surface area (Å²) in [5.41, 5.74) is 3.31. The maximum absolute atomic E-state index is 12.7. The number of likely N-dealkylation sites (tertiary alicyclic amines) is 1. The number of hydrogen-bond donors (Lipinski definition) is 3. The Morgan fingerprint density at radius 1 is 1.15 bits per heavy atom. The van der Waals surface area contributed by atoms with Crippen molar-refractivity contribution in [3.05, 3.63) is 48.2 Å². The van der Waals surface area contributed by atoms with Gasteiger partial charge in [0.05, 0.1) is 18.7 Å². The molecule has 1 aromatic heterocycles. The minimum atomic E-state index is -1.08. The number of hydrogen-bond acceptors (Lipinski definition) is 7. The SMILES string of the molecule is Cn1nc2cccc(-c3cccc(O[C@H]4C[C@@H](C(=O)O)N(C(=O)OC(C)(C)C)C4)c3)c2c1CCCNCCO. The Morgan fingerprint density at radius 2 is 1.92 bits per heavy atom. The van der Waals surface area contributed by atoms with Crippen LogP contribution in [0, 0.1) is 0 Å². The number of carbonyl (C=O) groups is 2. The van der Waals surface area contributed by atoms with Crippen LogP contribution in [0.3, 0.4) is 0 Å². The van der Waals surface area contributed by atoms with Gasteiger partial charge in [-0.3, -0.25) is 9.58 Å². The zero-order valence-electron chi connectivity index (χ0n) is 23.0. The van der Waals surface area contributed by atoms with Crippen molar-refractivity contribution in [2.45, 2.75) is 57.8 Å². The minimum absolute atomic E-state index is 0.119. The van der Waals surface area contributed by atoms with Crippen molar-refractivity contribution in [3.63, 3.8) is 0 Å². The molecule has 10 nitrogen and oxygen atoms in total. The molecule has 1 aliphatic heterocycles. The lowest BCUT2D eigenvalue weighted by molar-refractivity contribution is -0.142. The van der Waals surface area contributed by atoms with Gasteiger partial charge in [-0.15, -0.1) is 0 Å². The van der Waals surface area contributed by atoms with Crippen molar-refractivity contribution in [1.82, 2.24) is 20.0 Å². The van der Waals surface area contributed by atoms with Crippen LogP contribution >= 0.6 is 0 Å². The summed E-state index contributed by atoms with van der Waals surface area (Å²) in [7, 11) is 1.95. The van der Waals surface area contributed by atoms with E-state index in [-0.39, 0.29) is 19.6 Å². The van der Waals surface area contributed by atoms with Gasteiger partial charge in [-0.2, -0.15) is 5.10 Å². The Bertz CT molecular complexity index is 1310. The highest BCUT2D eigenvalue weighted by atomic mass is 16.6. The number of benzene rings is 2. The molecule has 2 aromatic carbocycles. The van der Waals surface area contributed by atoms with Gasteiger partial charge in [-0.1, -0.05) is 24.3 Å². The molecule has 0 bridgehead atoms. The molecule has 4 rings (SSSR count). The molecule has 210 valence electrons. The van der Waals surface area contributed by atoms with Crippen LogP contribution in [0.1, 0.15) is 39.3 Å². The van der Waals surface area contributed by atoms with E-state index >= 15 is 0 Å². The summed E-state index contributed by atoms with van der Waals surface area (Å²) in [5, 5.41) is 27.7. The molecule has 1 amide bonds. The summed E-state index contributed by atoms with van der Waals surface area (Å²) in [6.07, 6.45) is 0.776. The number of nitrogens with zero attached hydrogens (tertiary/aromatic N) is 3. The van der Waals surface area contributed by atoms with Gasteiger partial charge in [0.1, 0.15) is 23.5 Å². The molecule has 0 unspecified atom stereocenters. The summed E-state index contributed by atoms with van der Waals surface area (Å²) in [6, 6.07) is 12.8. The van der Waals surface area contributed by atoms with Crippen molar-refractivity contribution in [3.8, 4) is 16.9 Å². The van der Waals surface area contributed by atoms with Crippen LogP contribution in [-0.2, 0) is 23.0 Å². The number of aliphatic carboxylic acids is 1. The van der Waals surface area contributed by atoms with Crippen LogP contribution in [0.5, 0.6) is 5.75 Å². The van der Waals surface area contributed by atoms with Gasteiger partial charge in [-0.25, -0.2) is 9.59 Å². The number of aliphatic hydroxyl groups excluding tert-OH is 1. The van der Waals surface area contributed by atoms with Crippen LogP contribution in [0.25, 0.3) is 22.0 Å². The molecule has 39 heavy (non-hydrogen) atoms. The lowest BCUT2D eigenvalue weighted by Gasteiger charge is -2.26. The standard InChI is InChI=1S/C29H38N4O6/c1-29(2,3)39-28(37)33-18-21(17-25(33)27(35)36)38-20-9-5-8-19(16-20)22-10-6-11-23-26(22)24(32(4)31-23)12-7-13-30-14-15-34/h5-6,8-11,16,21,25,30,34H,7,12-15,17-18H2,1-4H3,(H,35,36)/t21-,25-/m0/s1. The quantitative estimate of drug-likeness (QED) is 0.334. The Balaban J connectivity index is 1.54. The second kappa shape index (κ2) is 12.0. The highest BCUT2D eigenvalue weighted by Gasteiger charge is 2.42. The number of aromatic nitrogens is 2. The average molecular weight is 539 g/mol. The number of carboxylic acid groups (broad SMARTS) is 1. The Kier molecular flexibility index (Phi) is 8.76. The second-order valence-electron chi connectivity index (χ2n) is 10.8. The van der Waals surface area contributed by atoms with E-state index < -0.39 is 29.8 Å². The third kappa shape index (κ3) is 6.88. The van der Waals surface area contributed by atoms with Crippen molar-refractivity contribution < 1.29 is 29.3 Å². The molecular weight excluding hydrogens is 500 g/mol. The van der Waals surface area contributed by atoms with Gasteiger partial charge in [0.2, 0.25) is 0 Å². The molecule has 0 aliphatic carbocycles. The summed E-state index contributed by atoms with van der Waals surface area (Å²) in [6.45, 7) is 6.87. The largest absolute Gasteiger partial charge is 0.488 e. The average Bonchev–Trinajstić information content (AvgIpc) is 3.44. The minimum Gasteiger partial charge on any atom is -0.488 e. The first-order valence-corrected chi connectivity index (χ1v) is 13.3. The zero-order chi connectivity index (χ0) is 28.2. The molecule has 2 heterocycles. The van der Waals surface area contributed by atoms with Crippen molar-refractivity contribution in [2.24, 2.45) is 7.05 Å². The molecule has 1 aliphatic rings. The number of nitrogens with one attached hydrogen (secondary N) is 1. The molecular formula is C29H38N4O6. The van der Waals surface area contributed by atoms with Crippen LogP contribution < -0.4 is 10.1 Å². The fraction of sp³-hybridized carbons (Fsp3) is 0.483. The van der Waals surface area contributed by atoms with E-state index in [9.17, 15) is 14.7 Å². The molecule has 0 radical (unpaired) electrons. The highest BCUT2D eigenvalue weighted by Crippen LogP contribution is 2.34. The van der Waals surface area contributed by atoms with Crippen LogP contribution in [0.4, 0.5) is 4.79 Å². The topological polar surface area (TPSA) is 126 Å². The smallest absolute Gasteiger partial charge is 0.411 e. The second-order valence-corrected chi connectivity index (χ2v) is 10.8. The van der Waals surface area contributed by atoms with Crippen LogP contribution in [-0.4, -0.2) is 80.9 Å². The van der Waals surface area contributed by atoms with Crippen molar-refractivity contribution in [1.29, 1.82) is 0 Å². The van der Waals surface area contributed by atoms with E-state index in [4.69, 9.17) is 19.7 Å². The number of fused-ring (bicyclic) bond motifs is 1. The summed E-state index contributed by atoms with van der Waals surface area (Å²) < 4.78 is 13.6. The van der Waals surface area contributed by atoms with E-state index in [0.717, 1.165) is 47.1 Å². The van der Waals surface area contributed by atoms with Gasteiger partial charge >= 0.3 is 12.1 Å². The molecule has 0 saturated carbocycles. The Morgan fingerprint density at radius 3 is 2.64 bits per heavy atom. The van der Waals surface area contributed by atoms with E-state index in [1.54, 1.807) is 20.8 Å². The lowest BCUT2D eigenvalue weighted by atomic mass is 9.98. The van der Waals surface area contributed by atoms with E-state index in [1.807, 2.05) is 48.1 Å². The number of carboxylic acids is 1. The zero-order valence-corrected chi connectivity index (χ0v) is 23.0. The van der Waals surface area contributed by atoms with E-state index in [2.05, 4.69) is 11.4 Å². The predicted octanol–water partition coefficient (Wildman–Crippen LogP) is 3.60. The fourth-order valence-electron chi connectivity index (χ4n) is 4.99. The summed E-state index contributed by atoms with van der Waals surface area (Å²) >= 11 is 0. The molecule has 1 saturated heterocycles. The number of aliphatic hydroxyl groups is 1. The Hall–Kier alpha value is -3.63. The third-order valence-corrected chi connectivity index (χ3v) is 6.66. The van der Waals surface area contributed by atoms with E-state index in [0.29, 0.717) is 12.3 Å². The molecule has 3 N–H and O–H groups in total. The molecule has 10 heteroatoms. The molecule has 3 aromatic rings. The number of carbonyl (C=O) groups excluding carboxylic acids is 1. The highest BCUT2D eigenvalue weighted by molar-refractivity contribution is 5.97. The number of amides is 1. The van der Waals surface area contributed by atoms with Gasteiger partial charge < -0.3 is 25.0 Å². The third-order valence-electron chi connectivity index (χ3n) is 6.66. The van der Waals surface area contributed by atoms with E-state index in [1.165, 1.54) is 4.90 Å². The van der Waals surface area contributed by atoms with Gasteiger partial charge in [0, 0.05) is 31.1 Å². The lowest BCUT2D eigenvalue weighted by Crippen LogP contribution is -2.43. The maximum Gasteiger partial charge on any atom is 0.411 e. The number of aryl methyl sites for hydroxylation is 2. The normalized spacial score (nSPS) is 17.5. The molecule has 1 fully saturated rings. The molecule has 0 spiro atoms. The first kappa shape index (κ1) is 28.4. The first-order valence-electron chi connectivity index (χ1n) is 13.3. The number of rotatable bonds is 10. The van der Waals surface area contributed by atoms with Crippen molar-refractivity contribution in [2.75, 3.05) is 26.2 Å². The van der Waals surface area contributed by atoms with Crippen LogP contribution in [0.2, 0.25) is 0 Å². The number of ether oxygens (including phenoxy) is 2. The van der Waals surface area contributed by atoms with Gasteiger partial charge in [0.15, 0.2) is 0 Å². The van der Waals surface area contributed by atoms with Gasteiger partial charge in [-0.05, 0) is 69.5 Å².